The molecule has 0 radical (unpaired) electrons. The molecule has 1 amide bonds. The highest BCUT2D eigenvalue weighted by Gasteiger charge is 2.03. The molecule has 0 heterocycles. The average molecular weight is 283 g/mol. The van der Waals surface area contributed by atoms with Gasteiger partial charge in [0.15, 0.2) is 0 Å². The molecule has 2 rings (SSSR count). The van der Waals surface area contributed by atoms with Crippen molar-refractivity contribution < 1.29 is 4.79 Å². The van der Waals surface area contributed by atoms with E-state index in [0.717, 1.165) is 10.6 Å². The van der Waals surface area contributed by atoms with Gasteiger partial charge < -0.3 is 5.32 Å². The molecule has 0 aliphatic rings. The summed E-state index contributed by atoms with van der Waals surface area (Å²) < 4.78 is 0. The number of rotatable bonds is 6. The number of carbonyl (C=O) groups excluding carboxylic acids is 1. The van der Waals surface area contributed by atoms with Gasteiger partial charge in [-0.2, -0.15) is 0 Å². The minimum Gasteiger partial charge on any atom is -0.326 e. The highest BCUT2D eigenvalue weighted by atomic mass is 32.2. The summed E-state index contributed by atoms with van der Waals surface area (Å²) in [5.74, 6) is 0.0201. The van der Waals surface area contributed by atoms with Crippen LogP contribution in [-0.2, 0) is 4.79 Å². The largest absolute Gasteiger partial charge is 0.326 e. The van der Waals surface area contributed by atoms with Crippen molar-refractivity contribution in [1.29, 1.82) is 0 Å². The lowest BCUT2D eigenvalue weighted by atomic mass is 10.2. The Labute approximate surface area is 123 Å². The van der Waals surface area contributed by atoms with Gasteiger partial charge in [0.2, 0.25) is 5.91 Å². The summed E-state index contributed by atoms with van der Waals surface area (Å²) in [7, 11) is 0. The SMILES string of the molecule is C=CCCC(=O)Nc1cccc(Sc2ccccc2)c1. The van der Waals surface area contributed by atoms with Gasteiger partial charge in [0.05, 0.1) is 0 Å². The third kappa shape index (κ3) is 4.59. The summed E-state index contributed by atoms with van der Waals surface area (Å²) in [5, 5.41) is 2.90. The second kappa shape index (κ2) is 7.56. The Kier molecular flexibility index (Phi) is 5.44. The molecule has 1 N–H and O–H groups in total. The first-order chi connectivity index (χ1) is 9.78. The van der Waals surface area contributed by atoms with Crippen molar-refractivity contribution in [3.05, 3.63) is 67.3 Å². The standard InChI is InChI=1S/C17H17NOS/c1-2-3-12-17(19)18-14-8-7-11-16(13-14)20-15-9-5-4-6-10-15/h2,4-11,13H,1,3,12H2,(H,18,19). The number of anilines is 1. The summed E-state index contributed by atoms with van der Waals surface area (Å²) in [4.78, 5) is 14.0. The maximum Gasteiger partial charge on any atom is 0.224 e. The van der Waals surface area contributed by atoms with Crippen LogP contribution in [0, 0.1) is 0 Å². The van der Waals surface area contributed by atoms with Crippen molar-refractivity contribution in [2.45, 2.75) is 22.6 Å². The number of benzene rings is 2. The molecule has 0 bridgehead atoms. The fraction of sp³-hybridized carbons (Fsp3) is 0.118. The van der Waals surface area contributed by atoms with Gasteiger partial charge in [-0.25, -0.2) is 0 Å². The Morgan fingerprint density at radius 3 is 2.60 bits per heavy atom. The number of allylic oxidation sites excluding steroid dienone is 1. The summed E-state index contributed by atoms with van der Waals surface area (Å²) in [6, 6.07) is 18.1. The van der Waals surface area contributed by atoms with Crippen LogP contribution in [0.15, 0.2) is 77.0 Å². The first-order valence-electron chi connectivity index (χ1n) is 6.51. The van der Waals surface area contributed by atoms with Crippen LogP contribution >= 0.6 is 11.8 Å². The zero-order valence-electron chi connectivity index (χ0n) is 11.2. The second-order valence-corrected chi connectivity index (χ2v) is 5.47. The smallest absolute Gasteiger partial charge is 0.224 e. The van der Waals surface area contributed by atoms with E-state index in [-0.39, 0.29) is 5.91 Å². The zero-order valence-corrected chi connectivity index (χ0v) is 12.0. The van der Waals surface area contributed by atoms with E-state index in [1.54, 1.807) is 17.8 Å². The molecule has 0 saturated carbocycles. The average Bonchev–Trinajstić information content (AvgIpc) is 2.46. The molecule has 3 heteroatoms. The minimum absolute atomic E-state index is 0.0201. The monoisotopic (exact) mass is 283 g/mol. The van der Waals surface area contributed by atoms with Crippen molar-refractivity contribution >= 4 is 23.4 Å². The fourth-order valence-electron chi connectivity index (χ4n) is 1.72. The molecule has 2 aromatic carbocycles. The Morgan fingerprint density at radius 1 is 1.10 bits per heavy atom. The third-order valence-corrected chi connectivity index (χ3v) is 3.67. The van der Waals surface area contributed by atoms with E-state index in [0.29, 0.717) is 12.8 Å². The number of carbonyl (C=O) groups is 1. The van der Waals surface area contributed by atoms with Crippen LogP contribution in [0.25, 0.3) is 0 Å². The van der Waals surface area contributed by atoms with E-state index in [9.17, 15) is 4.79 Å². The predicted octanol–water partition coefficient (Wildman–Crippen LogP) is 4.74. The summed E-state index contributed by atoms with van der Waals surface area (Å²) in [5.41, 5.74) is 0.833. The van der Waals surface area contributed by atoms with Gasteiger partial charge in [-0.3, -0.25) is 4.79 Å². The molecule has 20 heavy (non-hydrogen) atoms. The van der Waals surface area contributed by atoms with Gasteiger partial charge in [-0.1, -0.05) is 42.1 Å². The van der Waals surface area contributed by atoms with Gasteiger partial charge in [0, 0.05) is 21.9 Å². The van der Waals surface area contributed by atoms with Crippen molar-refractivity contribution in [3.8, 4) is 0 Å². The van der Waals surface area contributed by atoms with Crippen molar-refractivity contribution in [1.82, 2.24) is 0 Å². The van der Waals surface area contributed by atoms with Crippen LogP contribution in [0.2, 0.25) is 0 Å². The van der Waals surface area contributed by atoms with E-state index in [2.05, 4.69) is 24.0 Å². The van der Waals surface area contributed by atoms with Crippen LogP contribution in [-0.4, -0.2) is 5.91 Å². The van der Waals surface area contributed by atoms with Crippen LogP contribution in [0.3, 0.4) is 0 Å². The summed E-state index contributed by atoms with van der Waals surface area (Å²) in [6.07, 6.45) is 2.92. The van der Waals surface area contributed by atoms with Gasteiger partial charge >= 0.3 is 0 Å². The highest BCUT2D eigenvalue weighted by Crippen LogP contribution is 2.29. The Morgan fingerprint density at radius 2 is 1.85 bits per heavy atom. The molecule has 0 fully saturated rings. The van der Waals surface area contributed by atoms with Gasteiger partial charge in [-0.15, -0.1) is 6.58 Å². The topological polar surface area (TPSA) is 29.1 Å². The minimum atomic E-state index is 0.0201. The Balaban J connectivity index is 2.01. The summed E-state index contributed by atoms with van der Waals surface area (Å²) in [6.45, 7) is 3.62. The second-order valence-electron chi connectivity index (χ2n) is 4.32. The van der Waals surface area contributed by atoms with Crippen molar-refractivity contribution in [3.63, 3.8) is 0 Å². The van der Waals surface area contributed by atoms with Gasteiger partial charge in [-0.05, 0) is 36.8 Å². The maximum absolute atomic E-state index is 11.7. The lowest BCUT2D eigenvalue weighted by Crippen LogP contribution is -2.10. The molecular weight excluding hydrogens is 266 g/mol. The number of hydrogen-bond acceptors (Lipinski definition) is 2. The first-order valence-corrected chi connectivity index (χ1v) is 7.33. The van der Waals surface area contributed by atoms with E-state index in [4.69, 9.17) is 0 Å². The predicted molar refractivity (Wildman–Crippen MR) is 85.1 cm³/mol. The van der Waals surface area contributed by atoms with E-state index < -0.39 is 0 Å². The third-order valence-electron chi connectivity index (χ3n) is 2.67. The molecule has 0 aromatic heterocycles. The van der Waals surface area contributed by atoms with Crippen LogP contribution in [0.4, 0.5) is 5.69 Å². The van der Waals surface area contributed by atoms with E-state index in [1.807, 2.05) is 42.5 Å². The number of hydrogen-bond donors (Lipinski definition) is 1. The molecule has 0 unspecified atom stereocenters. The molecule has 0 spiro atoms. The van der Waals surface area contributed by atoms with Gasteiger partial charge in [0.25, 0.3) is 0 Å². The molecule has 0 atom stereocenters. The number of amides is 1. The lowest BCUT2D eigenvalue weighted by Gasteiger charge is -2.07. The Bertz CT molecular complexity index is 581. The normalized spacial score (nSPS) is 10.0. The van der Waals surface area contributed by atoms with Crippen LogP contribution in [0.1, 0.15) is 12.8 Å². The summed E-state index contributed by atoms with van der Waals surface area (Å²) >= 11 is 1.68. The van der Waals surface area contributed by atoms with Crippen molar-refractivity contribution in [2.24, 2.45) is 0 Å². The highest BCUT2D eigenvalue weighted by molar-refractivity contribution is 7.99. The first kappa shape index (κ1) is 14.4. The fourth-order valence-corrected chi connectivity index (χ4v) is 2.62. The zero-order chi connectivity index (χ0) is 14.2. The van der Waals surface area contributed by atoms with E-state index >= 15 is 0 Å². The quantitative estimate of drug-likeness (QED) is 0.776. The molecule has 102 valence electrons. The molecule has 2 aromatic rings. The maximum atomic E-state index is 11.7. The molecule has 2 nitrogen and oxygen atoms in total. The molecule has 0 aliphatic carbocycles. The van der Waals surface area contributed by atoms with Gasteiger partial charge in [0.1, 0.15) is 0 Å². The molecular formula is C17H17NOS. The number of nitrogens with one attached hydrogen (secondary N) is 1. The van der Waals surface area contributed by atoms with Crippen molar-refractivity contribution in [2.75, 3.05) is 5.32 Å². The molecule has 0 aliphatic heterocycles. The molecule has 0 saturated heterocycles. The lowest BCUT2D eigenvalue weighted by molar-refractivity contribution is -0.116. The Hall–Kier alpha value is -2.00. The van der Waals surface area contributed by atoms with Crippen LogP contribution < -0.4 is 5.32 Å². The van der Waals surface area contributed by atoms with Crippen LogP contribution in [0.5, 0.6) is 0 Å². The van der Waals surface area contributed by atoms with E-state index in [1.165, 1.54) is 4.90 Å².